The second-order valence-corrected chi connectivity index (χ2v) is 7.85. The van der Waals surface area contributed by atoms with Crippen LogP contribution in [0.25, 0.3) is 0 Å². The number of benzene rings is 2. The Balaban J connectivity index is 2.07. The molecule has 0 spiro atoms. The summed E-state index contributed by atoms with van der Waals surface area (Å²) in [5.41, 5.74) is 0.529. The molecular weight excluding hydrogens is 428 g/mol. The van der Waals surface area contributed by atoms with Crippen LogP contribution in [0.15, 0.2) is 59.1 Å². The number of carbonyl (C=O) groups excluding carboxylic acids is 2. The molecular formula is C20H15ClN4O4S. The Morgan fingerprint density at radius 2 is 1.97 bits per heavy atom. The molecule has 1 unspecified atom stereocenters. The molecule has 0 bridgehead atoms. The van der Waals surface area contributed by atoms with Crippen LogP contribution in [0.3, 0.4) is 0 Å². The maximum absolute atomic E-state index is 13.2. The lowest BCUT2D eigenvalue weighted by Gasteiger charge is -2.18. The van der Waals surface area contributed by atoms with E-state index in [9.17, 15) is 25.0 Å². The summed E-state index contributed by atoms with van der Waals surface area (Å²) in [6.45, 7) is 0. The largest absolute Gasteiger partial charge is 0.354 e. The smallest absolute Gasteiger partial charge is 0.272 e. The van der Waals surface area contributed by atoms with Gasteiger partial charge in [0.15, 0.2) is 0 Å². The van der Waals surface area contributed by atoms with Crippen molar-refractivity contribution >= 4 is 46.6 Å². The van der Waals surface area contributed by atoms with E-state index in [-0.39, 0.29) is 28.6 Å². The lowest BCUT2D eigenvalue weighted by molar-refractivity contribution is -0.385. The van der Waals surface area contributed by atoms with E-state index in [0.29, 0.717) is 16.3 Å². The number of thioether (sulfide) groups is 1. The van der Waals surface area contributed by atoms with E-state index in [1.807, 2.05) is 6.07 Å². The number of nitriles is 1. The van der Waals surface area contributed by atoms with Crippen molar-refractivity contribution in [2.75, 3.05) is 11.9 Å². The lowest BCUT2D eigenvalue weighted by atomic mass is 10.1. The van der Waals surface area contributed by atoms with Gasteiger partial charge in [0.25, 0.3) is 11.6 Å². The van der Waals surface area contributed by atoms with Gasteiger partial charge in [-0.05, 0) is 24.3 Å². The van der Waals surface area contributed by atoms with Crippen molar-refractivity contribution in [2.24, 2.45) is 0 Å². The number of nitrogens with zero attached hydrogens (tertiary/aromatic N) is 3. The molecule has 1 heterocycles. The van der Waals surface area contributed by atoms with E-state index in [4.69, 9.17) is 11.6 Å². The molecule has 30 heavy (non-hydrogen) atoms. The average molecular weight is 443 g/mol. The molecule has 1 atom stereocenters. The van der Waals surface area contributed by atoms with Crippen LogP contribution in [0.2, 0.25) is 5.02 Å². The molecule has 1 aliphatic rings. The Hall–Kier alpha value is -3.35. The van der Waals surface area contributed by atoms with Crippen molar-refractivity contribution in [3.05, 3.63) is 79.8 Å². The number of hydrogen-bond donors (Lipinski definition) is 1. The minimum absolute atomic E-state index is 0.0701. The monoisotopic (exact) mass is 442 g/mol. The maximum atomic E-state index is 13.2. The molecule has 0 aliphatic carbocycles. The molecule has 1 fully saturated rings. The van der Waals surface area contributed by atoms with Crippen molar-refractivity contribution in [2.45, 2.75) is 11.7 Å². The fourth-order valence-corrected chi connectivity index (χ4v) is 4.42. The summed E-state index contributed by atoms with van der Waals surface area (Å²) in [7, 11) is 1.39. The molecule has 2 amide bonds. The highest BCUT2D eigenvalue weighted by Gasteiger charge is 2.41. The van der Waals surface area contributed by atoms with E-state index in [2.05, 4.69) is 5.32 Å². The third-order valence-corrected chi connectivity index (χ3v) is 5.93. The summed E-state index contributed by atoms with van der Waals surface area (Å²) < 4.78 is 0. The SMILES string of the molecule is CNC(=O)C(C#N)=C1SC(Cc2ccccc2[N+](=O)[O-])C(=O)N1c1ccc(Cl)cc1. The average Bonchev–Trinajstić information content (AvgIpc) is 3.05. The molecule has 2 aromatic rings. The molecule has 0 saturated carbocycles. The first-order valence-corrected chi connectivity index (χ1v) is 9.98. The number of halogens is 1. The van der Waals surface area contributed by atoms with Crippen molar-refractivity contribution in [1.82, 2.24) is 5.32 Å². The van der Waals surface area contributed by atoms with Gasteiger partial charge in [-0.15, -0.1) is 0 Å². The minimum Gasteiger partial charge on any atom is -0.354 e. The van der Waals surface area contributed by atoms with Crippen molar-refractivity contribution in [1.29, 1.82) is 5.26 Å². The summed E-state index contributed by atoms with van der Waals surface area (Å²) in [4.78, 5) is 37.6. The van der Waals surface area contributed by atoms with Gasteiger partial charge in [0, 0.05) is 35.8 Å². The topological polar surface area (TPSA) is 116 Å². The first-order chi connectivity index (χ1) is 14.4. The van der Waals surface area contributed by atoms with Gasteiger partial charge in [0.2, 0.25) is 5.91 Å². The molecule has 1 N–H and O–H groups in total. The van der Waals surface area contributed by atoms with Gasteiger partial charge in [0.1, 0.15) is 16.7 Å². The molecule has 10 heteroatoms. The summed E-state index contributed by atoms with van der Waals surface area (Å²) in [6.07, 6.45) is 0.0701. The third kappa shape index (κ3) is 4.15. The van der Waals surface area contributed by atoms with Crippen LogP contribution in [-0.4, -0.2) is 29.0 Å². The molecule has 2 aromatic carbocycles. The van der Waals surface area contributed by atoms with E-state index in [0.717, 1.165) is 11.8 Å². The number of anilines is 1. The molecule has 1 saturated heterocycles. The van der Waals surface area contributed by atoms with Crippen LogP contribution in [-0.2, 0) is 16.0 Å². The zero-order valence-electron chi connectivity index (χ0n) is 15.7. The number of amides is 2. The summed E-state index contributed by atoms with van der Waals surface area (Å²) in [5.74, 6) is -1.01. The Labute approximate surface area is 181 Å². The minimum atomic E-state index is -0.746. The van der Waals surface area contributed by atoms with Crippen LogP contribution in [0.5, 0.6) is 0 Å². The van der Waals surface area contributed by atoms with Crippen LogP contribution in [0, 0.1) is 21.4 Å². The van der Waals surface area contributed by atoms with Crippen molar-refractivity contribution in [3.8, 4) is 6.07 Å². The van der Waals surface area contributed by atoms with Gasteiger partial charge < -0.3 is 5.32 Å². The van der Waals surface area contributed by atoms with Crippen LogP contribution in [0.4, 0.5) is 11.4 Å². The molecule has 0 aromatic heterocycles. The number of para-hydroxylation sites is 1. The van der Waals surface area contributed by atoms with E-state index < -0.39 is 16.1 Å². The Bertz CT molecular complexity index is 1090. The quantitative estimate of drug-likeness (QED) is 0.328. The van der Waals surface area contributed by atoms with Gasteiger partial charge in [-0.25, -0.2) is 0 Å². The normalized spacial score (nSPS) is 17.4. The second kappa shape index (κ2) is 8.98. The number of likely N-dealkylation sites (N-methyl/N-ethyl adjacent to an activating group) is 1. The predicted molar refractivity (Wildman–Crippen MR) is 114 cm³/mol. The number of nitro groups is 1. The maximum Gasteiger partial charge on any atom is 0.272 e. The zero-order chi connectivity index (χ0) is 21.8. The summed E-state index contributed by atoms with van der Waals surface area (Å²) >= 11 is 6.97. The van der Waals surface area contributed by atoms with E-state index in [1.165, 1.54) is 18.0 Å². The third-order valence-electron chi connectivity index (χ3n) is 4.41. The van der Waals surface area contributed by atoms with Crippen LogP contribution >= 0.6 is 23.4 Å². The molecule has 152 valence electrons. The molecule has 8 nitrogen and oxygen atoms in total. The number of nitrogens with one attached hydrogen (secondary N) is 1. The number of carbonyl (C=O) groups is 2. The Morgan fingerprint density at radius 3 is 2.57 bits per heavy atom. The van der Waals surface area contributed by atoms with Gasteiger partial charge in [-0.1, -0.05) is 41.6 Å². The molecule has 0 radical (unpaired) electrons. The Morgan fingerprint density at radius 1 is 1.30 bits per heavy atom. The Kier molecular flexibility index (Phi) is 6.40. The second-order valence-electron chi connectivity index (χ2n) is 6.22. The molecule has 1 aliphatic heterocycles. The first kappa shape index (κ1) is 21.4. The number of rotatable bonds is 5. The van der Waals surface area contributed by atoms with E-state index in [1.54, 1.807) is 42.5 Å². The zero-order valence-corrected chi connectivity index (χ0v) is 17.2. The lowest BCUT2D eigenvalue weighted by Crippen LogP contribution is -2.31. The van der Waals surface area contributed by atoms with Gasteiger partial charge in [0.05, 0.1) is 10.2 Å². The highest BCUT2D eigenvalue weighted by atomic mass is 35.5. The van der Waals surface area contributed by atoms with Crippen molar-refractivity contribution < 1.29 is 14.5 Å². The van der Waals surface area contributed by atoms with Gasteiger partial charge in [-0.2, -0.15) is 5.26 Å². The summed E-state index contributed by atoms with van der Waals surface area (Å²) in [5, 5.41) is 23.2. The number of nitro benzene ring substituents is 1. The number of hydrogen-bond acceptors (Lipinski definition) is 6. The van der Waals surface area contributed by atoms with Crippen LogP contribution < -0.4 is 10.2 Å². The highest BCUT2D eigenvalue weighted by molar-refractivity contribution is 8.05. The summed E-state index contributed by atoms with van der Waals surface area (Å²) in [6, 6.07) is 14.4. The van der Waals surface area contributed by atoms with E-state index >= 15 is 0 Å². The van der Waals surface area contributed by atoms with Crippen molar-refractivity contribution in [3.63, 3.8) is 0 Å². The first-order valence-electron chi connectivity index (χ1n) is 8.72. The fraction of sp³-hybridized carbons (Fsp3) is 0.150. The van der Waals surface area contributed by atoms with Crippen LogP contribution in [0.1, 0.15) is 5.56 Å². The van der Waals surface area contributed by atoms with Gasteiger partial charge >= 0.3 is 0 Å². The molecule has 3 rings (SSSR count). The van der Waals surface area contributed by atoms with Gasteiger partial charge in [-0.3, -0.25) is 24.6 Å². The highest BCUT2D eigenvalue weighted by Crippen LogP contribution is 2.42. The fourth-order valence-electron chi connectivity index (χ4n) is 3.00. The standard InChI is InChI=1S/C20H15ClN4O4S/c1-23-18(26)15(11-22)20-24(14-8-6-13(21)7-9-14)19(27)17(30-20)10-12-4-2-3-5-16(12)25(28)29/h2-9,17H,10H2,1H3,(H,23,26). The predicted octanol–water partition coefficient (Wildman–Crippen LogP) is 3.42.